The molecule has 0 aromatic carbocycles. The van der Waals surface area contributed by atoms with Crippen LogP contribution in [0.15, 0.2) is 4.52 Å². The summed E-state index contributed by atoms with van der Waals surface area (Å²) in [5, 5.41) is 12.9. The van der Waals surface area contributed by atoms with Crippen molar-refractivity contribution in [2.24, 2.45) is 11.7 Å². The molecule has 1 saturated carbocycles. The SMILES string of the molecule is CCC1CCC(c2noc(C(N)CO)n2)CC1. The Morgan fingerprint density at radius 2 is 2.12 bits per heavy atom. The van der Waals surface area contributed by atoms with E-state index in [2.05, 4.69) is 17.1 Å². The van der Waals surface area contributed by atoms with Crippen LogP contribution in [0.4, 0.5) is 0 Å². The van der Waals surface area contributed by atoms with E-state index in [1.807, 2.05) is 0 Å². The molecular weight excluding hydrogens is 218 g/mol. The van der Waals surface area contributed by atoms with Crippen LogP contribution >= 0.6 is 0 Å². The van der Waals surface area contributed by atoms with E-state index < -0.39 is 6.04 Å². The monoisotopic (exact) mass is 239 g/mol. The summed E-state index contributed by atoms with van der Waals surface area (Å²) < 4.78 is 5.08. The highest BCUT2D eigenvalue weighted by molar-refractivity contribution is 4.99. The largest absolute Gasteiger partial charge is 0.394 e. The number of nitrogens with two attached hydrogens (primary N) is 1. The van der Waals surface area contributed by atoms with Gasteiger partial charge in [0.05, 0.1) is 6.61 Å². The van der Waals surface area contributed by atoms with Crippen LogP contribution in [0.3, 0.4) is 0 Å². The average molecular weight is 239 g/mol. The second kappa shape index (κ2) is 5.60. The van der Waals surface area contributed by atoms with E-state index in [1.54, 1.807) is 0 Å². The molecule has 0 aliphatic heterocycles. The van der Waals surface area contributed by atoms with Crippen molar-refractivity contribution in [2.45, 2.75) is 51.0 Å². The van der Waals surface area contributed by atoms with Crippen LogP contribution in [0.1, 0.15) is 62.7 Å². The highest BCUT2D eigenvalue weighted by Crippen LogP contribution is 2.35. The molecule has 1 heterocycles. The molecule has 1 unspecified atom stereocenters. The topological polar surface area (TPSA) is 85.2 Å². The zero-order valence-electron chi connectivity index (χ0n) is 10.3. The molecule has 96 valence electrons. The molecule has 5 heteroatoms. The van der Waals surface area contributed by atoms with E-state index in [-0.39, 0.29) is 6.61 Å². The second-order valence-electron chi connectivity index (χ2n) is 4.91. The number of hydrogen-bond acceptors (Lipinski definition) is 5. The van der Waals surface area contributed by atoms with Gasteiger partial charge in [-0.2, -0.15) is 4.98 Å². The first-order chi connectivity index (χ1) is 8.24. The Morgan fingerprint density at radius 1 is 1.41 bits per heavy atom. The summed E-state index contributed by atoms with van der Waals surface area (Å²) in [6.07, 6.45) is 6.02. The van der Waals surface area contributed by atoms with Gasteiger partial charge in [0.25, 0.3) is 0 Å². The normalized spacial score (nSPS) is 27.0. The smallest absolute Gasteiger partial charge is 0.245 e. The fourth-order valence-electron chi connectivity index (χ4n) is 2.47. The average Bonchev–Trinajstić information content (AvgIpc) is 2.87. The Kier molecular flexibility index (Phi) is 4.12. The van der Waals surface area contributed by atoms with Gasteiger partial charge in [0.1, 0.15) is 6.04 Å². The molecule has 1 fully saturated rings. The summed E-state index contributed by atoms with van der Waals surface area (Å²) in [4.78, 5) is 4.29. The molecule has 5 nitrogen and oxygen atoms in total. The summed E-state index contributed by atoms with van der Waals surface area (Å²) in [5.74, 6) is 2.37. The summed E-state index contributed by atoms with van der Waals surface area (Å²) in [7, 11) is 0. The lowest BCUT2D eigenvalue weighted by Crippen LogP contribution is -2.16. The highest BCUT2D eigenvalue weighted by atomic mass is 16.5. The van der Waals surface area contributed by atoms with Crippen molar-refractivity contribution in [1.29, 1.82) is 0 Å². The fourth-order valence-corrected chi connectivity index (χ4v) is 2.47. The standard InChI is InChI=1S/C12H21N3O2/c1-2-8-3-5-9(6-4-8)11-14-12(17-15-11)10(13)7-16/h8-10,16H,2-7,13H2,1H3. The van der Waals surface area contributed by atoms with Gasteiger partial charge in [-0.05, 0) is 31.6 Å². The van der Waals surface area contributed by atoms with Crippen molar-refractivity contribution >= 4 is 0 Å². The van der Waals surface area contributed by atoms with Gasteiger partial charge in [0, 0.05) is 5.92 Å². The van der Waals surface area contributed by atoms with Crippen molar-refractivity contribution in [3.63, 3.8) is 0 Å². The van der Waals surface area contributed by atoms with Crippen molar-refractivity contribution in [2.75, 3.05) is 6.61 Å². The predicted octanol–water partition coefficient (Wildman–Crippen LogP) is 1.75. The summed E-state index contributed by atoms with van der Waals surface area (Å²) in [6.45, 7) is 2.09. The molecule has 2 rings (SSSR count). The highest BCUT2D eigenvalue weighted by Gasteiger charge is 2.25. The maximum absolute atomic E-state index is 8.92. The minimum atomic E-state index is -0.553. The molecule has 1 aromatic heterocycles. The first-order valence-electron chi connectivity index (χ1n) is 6.44. The number of aliphatic hydroxyl groups excluding tert-OH is 1. The Hall–Kier alpha value is -0.940. The van der Waals surface area contributed by atoms with Crippen molar-refractivity contribution in [1.82, 2.24) is 10.1 Å². The Morgan fingerprint density at radius 3 is 2.71 bits per heavy atom. The van der Waals surface area contributed by atoms with Crippen LogP contribution in [-0.4, -0.2) is 21.9 Å². The molecule has 1 aliphatic rings. The number of hydrogen-bond donors (Lipinski definition) is 2. The number of nitrogens with zero attached hydrogens (tertiary/aromatic N) is 2. The van der Waals surface area contributed by atoms with Crippen LogP contribution in [0.25, 0.3) is 0 Å². The minimum Gasteiger partial charge on any atom is -0.394 e. The van der Waals surface area contributed by atoms with Gasteiger partial charge >= 0.3 is 0 Å². The van der Waals surface area contributed by atoms with Crippen LogP contribution in [-0.2, 0) is 0 Å². The maximum atomic E-state index is 8.92. The van der Waals surface area contributed by atoms with E-state index in [0.29, 0.717) is 11.8 Å². The predicted molar refractivity (Wildman–Crippen MR) is 63.3 cm³/mol. The molecule has 17 heavy (non-hydrogen) atoms. The van der Waals surface area contributed by atoms with E-state index in [4.69, 9.17) is 15.4 Å². The van der Waals surface area contributed by atoms with Crippen LogP contribution in [0.2, 0.25) is 0 Å². The number of aromatic nitrogens is 2. The lowest BCUT2D eigenvalue weighted by atomic mass is 9.80. The van der Waals surface area contributed by atoms with Gasteiger partial charge in [0.2, 0.25) is 5.89 Å². The molecule has 0 radical (unpaired) electrons. The van der Waals surface area contributed by atoms with Crippen LogP contribution in [0.5, 0.6) is 0 Å². The lowest BCUT2D eigenvalue weighted by molar-refractivity contribution is 0.236. The van der Waals surface area contributed by atoms with Crippen molar-refractivity contribution in [3.8, 4) is 0 Å². The first-order valence-corrected chi connectivity index (χ1v) is 6.44. The van der Waals surface area contributed by atoms with E-state index >= 15 is 0 Å². The van der Waals surface area contributed by atoms with E-state index in [1.165, 1.54) is 19.3 Å². The fraction of sp³-hybridized carbons (Fsp3) is 0.833. The zero-order valence-corrected chi connectivity index (χ0v) is 10.3. The molecule has 1 atom stereocenters. The van der Waals surface area contributed by atoms with Crippen LogP contribution < -0.4 is 5.73 Å². The van der Waals surface area contributed by atoms with Crippen molar-refractivity contribution < 1.29 is 9.63 Å². The number of rotatable bonds is 4. The Bertz CT molecular complexity index is 345. The lowest BCUT2D eigenvalue weighted by Gasteiger charge is -2.25. The van der Waals surface area contributed by atoms with Crippen LogP contribution in [0, 0.1) is 5.92 Å². The maximum Gasteiger partial charge on any atom is 0.245 e. The third-order valence-electron chi connectivity index (χ3n) is 3.76. The van der Waals surface area contributed by atoms with Gasteiger partial charge in [-0.3, -0.25) is 0 Å². The molecular formula is C12H21N3O2. The first kappa shape index (κ1) is 12.5. The molecule has 0 saturated heterocycles. The van der Waals surface area contributed by atoms with E-state index in [9.17, 15) is 0 Å². The van der Waals surface area contributed by atoms with Gasteiger partial charge < -0.3 is 15.4 Å². The molecule has 1 aliphatic carbocycles. The van der Waals surface area contributed by atoms with Crippen molar-refractivity contribution in [3.05, 3.63) is 11.7 Å². The number of aliphatic hydroxyl groups is 1. The van der Waals surface area contributed by atoms with Gasteiger partial charge in [0.15, 0.2) is 5.82 Å². The molecule has 0 amide bonds. The summed E-state index contributed by atoms with van der Waals surface area (Å²) in [6, 6.07) is -0.553. The van der Waals surface area contributed by atoms with Gasteiger partial charge in [-0.15, -0.1) is 0 Å². The molecule has 0 spiro atoms. The summed E-state index contributed by atoms with van der Waals surface area (Å²) >= 11 is 0. The van der Waals surface area contributed by atoms with Gasteiger partial charge in [-0.25, -0.2) is 0 Å². The Labute approximate surface area is 101 Å². The van der Waals surface area contributed by atoms with E-state index in [0.717, 1.165) is 24.6 Å². The van der Waals surface area contributed by atoms with Gasteiger partial charge in [-0.1, -0.05) is 18.5 Å². The zero-order chi connectivity index (χ0) is 12.3. The summed E-state index contributed by atoms with van der Waals surface area (Å²) in [5.41, 5.74) is 5.63. The molecule has 1 aromatic rings. The quantitative estimate of drug-likeness (QED) is 0.836. The minimum absolute atomic E-state index is 0.162. The Balaban J connectivity index is 1.97. The third kappa shape index (κ3) is 2.84. The third-order valence-corrected chi connectivity index (χ3v) is 3.76. The molecule has 3 N–H and O–H groups in total. The second-order valence-corrected chi connectivity index (χ2v) is 4.91. The molecule has 0 bridgehead atoms.